The van der Waals surface area contributed by atoms with Gasteiger partial charge in [-0.2, -0.15) is 0 Å². The number of carbonyl (C=O) groups excluding carboxylic acids is 1. The molecule has 6 nitrogen and oxygen atoms in total. The molecule has 0 bridgehead atoms. The first-order chi connectivity index (χ1) is 12.1. The van der Waals surface area contributed by atoms with Crippen LogP contribution in [-0.4, -0.2) is 74.4 Å². The summed E-state index contributed by atoms with van der Waals surface area (Å²) in [6.07, 6.45) is 0.0834. The second-order valence-electron chi connectivity index (χ2n) is 7.37. The zero-order valence-electron chi connectivity index (χ0n) is 15.3. The minimum absolute atomic E-state index is 0.0834. The van der Waals surface area contributed by atoms with Crippen LogP contribution in [-0.2, 0) is 11.3 Å². The van der Waals surface area contributed by atoms with Crippen molar-refractivity contribution in [2.75, 3.05) is 46.4 Å². The number of ether oxygens (including phenoxy) is 1. The predicted octanol–water partition coefficient (Wildman–Crippen LogP) is 1.14. The number of morpholine rings is 1. The van der Waals surface area contributed by atoms with Gasteiger partial charge in [0.15, 0.2) is 0 Å². The van der Waals surface area contributed by atoms with Crippen LogP contribution in [0, 0.1) is 5.92 Å². The first-order valence-electron chi connectivity index (χ1n) is 9.21. The third-order valence-electron chi connectivity index (χ3n) is 5.09. The van der Waals surface area contributed by atoms with E-state index in [-0.39, 0.29) is 18.2 Å². The Bertz CT molecular complexity index is 554. The number of nitrogens with zero attached hydrogens (tertiary/aromatic N) is 2. The Balaban J connectivity index is 1.40. The lowest BCUT2D eigenvalue weighted by Gasteiger charge is -2.30. The second-order valence-corrected chi connectivity index (χ2v) is 7.37. The van der Waals surface area contributed by atoms with Gasteiger partial charge in [-0.05, 0) is 18.5 Å². The molecule has 0 saturated carbocycles. The number of amides is 2. The van der Waals surface area contributed by atoms with Gasteiger partial charge in [0.25, 0.3) is 0 Å². The number of hydrogen-bond donors (Lipinski definition) is 2. The monoisotopic (exact) mass is 346 g/mol. The normalized spacial score (nSPS) is 28.0. The van der Waals surface area contributed by atoms with Crippen LogP contribution in [0.15, 0.2) is 30.3 Å². The molecule has 0 spiro atoms. The number of benzene rings is 1. The van der Waals surface area contributed by atoms with Crippen molar-refractivity contribution in [3.05, 3.63) is 35.9 Å². The van der Waals surface area contributed by atoms with Gasteiger partial charge in [-0.3, -0.25) is 4.90 Å². The summed E-state index contributed by atoms with van der Waals surface area (Å²) in [7, 11) is 2.08. The van der Waals surface area contributed by atoms with Crippen LogP contribution in [0.1, 0.15) is 12.5 Å². The zero-order valence-corrected chi connectivity index (χ0v) is 15.3. The zero-order chi connectivity index (χ0) is 17.6. The first kappa shape index (κ1) is 18.2. The molecule has 2 aliphatic heterocycles. The summed E-state index contributed by atoms with van der Waals surface area (Å²) in [5, 5.41) is 6.10. The van der Waals surface area contributed by atoms with E-state index in [4.69, 9.17) is 4.74 Å². The number of likely N-dealkylation sites (tertiary alicyclic amines) is 1. The molecule has 2 aliphatic rings. The number of carbonyl (C=O) groups is 1. The maximum Gasteiger partial charge on any atom is 0.315 e. The smallest absolute Gasteiger partial charge is 0.315 e. The Morgan fingerprint density at radius 2 is 2.04 bits per heavy atom. The molecule has 0 radical (unpaired) electrons. The molecule has 138 valence electrons. The first-order valence-corrected chi connectivity index (χ1v) is 9.21. The fourth-order valence-electron chi connectivity index (χ4n) is 3.64. The minimum atomic E-state index is -0.0877. The van der Waals surface area contributed by atoms with E-state index in [9.17, 15) is 4.79 Å². The average Bonchev–Trinajstić information content (AvgIpc) is 2.93. The van der Waals surface area contributed by atoms with Crippen molar-refractivity contribution in [2.45, 2.75) is 25.6 Å². The van der Waals surface area contributed by atoms with Gasteiger partial charge in [-0.1, -0.05) is 37.3 Å². The molecule has 0 aliphatic carbocycles. The molecule has 2 heterocycles. The van der Waals surface area contributed by atoms with Crippen molar-refractivity contribution >= 4 is 6.03 Å². The molecule has 3 unspecified atom stereocenters. The molecular formula is C19H30N4O2. The summed E-state index contributed by atoms with van der Waals surface area (Å²) in [4.78, 5) is 16.9. The van der Waals surface area contributed by atoms with E-state index in [0.29, 0.717) is 12.5 Å². The number of rotatable bonds is 5. The van der Waals surface area contributed by atoms with E-state index >= 15 is 0 Å². The molecule has 2 fully saturated rings. The van der Waals surface area contributed by atoms with Gasteiger partial charge in [0.05, 0.1) is 12.7 Å². The van der Waals surface area contributed by atoms with Crippen LogP contribution in [0.2, 0.25) is 0 Å². The van der Waals surface area contributed by atoms with E-state index < -0.39 is 0 Å². The Kier molecular flexibility index (Phi) is 6.29. The van der Waals surface area contributed by atoms with Gasteiger partial charge in [-0.25, -0.2) is 4.79 Å². The molecule has 3 rings (SSSR count). The van der Waals surface area contributed by atoms with Crippen molar-refractivity contribution in [2.24, 2.45) is 5.92 Å². The van der Waals surface area contributed by atoms with Crippen molar-refractivity contribution in [3.8, 4) is 0 Å². The molecule has 0 aromatic heterocycles. The van der Waals surface area contributed by atoms with Gasteiger partial charge in [0.2, 0.25) is 0 Å². The topological polar surface area (TPSA) is 56.8 Å². The van der Waals surface area contributed by atoms with E-state index in [1.165, 1.54) is 5.56 Å². The van der Waals surface area contributed by atoms with E-state index in [1.54, 1.807) is 0 Å². The molecule has 2 N–H and O–H groups in total. The highest BCUT2D eigenvalue weighted by atomic mass is 16.5. The maximum absolute atomic E-state index is 12.2. The molecular weight excluding hydrogens is 316 g/mol. The summed E-state index contributed by atoms with van der Waals surface area (Å²) in [6.45, 7) is 8.17. The van der Waals surface area contributed by atoms with Gasteiger partial charge >= 0.3 is 6.03 Å². The fraction of sp³-hybridized carbons (Fsp3) is 0.632. The standard InChI is InChI=1S/C19H30N4O2/c1-15-11-23(12-16-6-4-3-5-7-16)14-18(15)21-19(24)20-10-17-13-22(2)8-9-25-17/h3-7,15,17-18H,8-14H2,1-2H3,(H2,20,21,24). The summed E-state index contributed by atoms with van der Waals surface area (Å²) in [5.74, 6) is 0.450. The van der Waals surface area contributed by atoms with E-state index in [1.807, 2.05) is 6.07 Å². The molecule has 6 heteroatoms. The third-order valence-corrected chi connectivity index (χ3v) is 5.09. The molecule has 3 atom stereocenters. The summed E-state index contributed by atoms with van der Waals surface area (Å²) in [5.41, 5.74) is 1.32. The number of hydrogen-bond acceptors (Lipinski definition) is 4. The quantitative estimate of drug-likeness (QED) is 0.839. The highest BCUT2D eigenvalue weighted by Crippen LogP contribution is 2.18. The van der Waals surface area contributed by atoms with E-state index in [2.05, 4.69) is 58.7 Å². The van der Waals surface area contributed by atoms with Gasteiger partial charge < -0.3 is 20.3 Å². The SMILES string of the molecule is CC1CN(Cc2ccccc2)CC1NC(=O)NCC1CN(C)CCO1. The van der Waals surface area contributed by atoms with Crippen LogP contribution < -0.4 is 10.6 Å². The summed E-state index contributed by atoms with van der Waals surface area (Å²) in [6, 6.07) is 10.6. The second kappa shape index (κ2) is 8.65. The molecule has 1 aromatic rings. The van der Waals surface area contributed by atoms with Crippen molar-refractivity contribution in [3.63, 3.8) is 0 Å². The number of likely N-dealkylation sites (N-methyl/N-ethyl adjacent to an activating group) is 1. The molecule has 2 saturated heterocycles. The Morgan fingerprint density at radius 1 is 1.24 bits per heavy atom. The average molecular weight is 346 g/mol. The molecule has 2 amide bonds. The van der Waals surface area contributed by atoms with Crippen LogP contribution in [0.3, 0.4) is 0 Å². The number of nitrogens with one attached hydrogen (secondary N) is 2. The van der Waals surface area contributed by atoms with Crippen LogP contribution in [0.25, 0.3) is 0 Å². The highest BCUT2D eigenvalue weighted by molar-refractivity contribution is 5.74. The van der Waals surface area contributed by atoms with Crippen LogP contribution >= 0.6 is 0 Å². The minimum Gasteiger partial charge on any atom is -0.374 e. The van der Waals surface area contributed by atoms with Gasteiger partial charge in [-0.15, -0.1) is 0 Å². The Hall–Kier alpha value is -1.63. The fourth-order valence-corrected chi connectivity index (χ4v) is 3.64. The lowest BCUT2D eigenvalue weighted by atomic mass is 10.1. The maximum atomic E-state index is 12.2. The Morgan fingerprint density at radius 3 is 2.80 bits per heavy atom. The van der Waals surface area contributed by atoms with Gasteiger partial charge in [0, 0.05) is 45.3 Å². The lowest BCUT2D eigenvalue weighted by Crippen LogP contribution is -2.50. The summed E-state index contributed by atoms with van der Waals surface area (Å²) >= 11 is 0. The van der Waals surface area contributed by atoms with Crippen LogP contribution in [0.5, 0.6) is 0 Å². The molecule has 25 heavy (non-hydrogen) atoms. The van der Waals surface area contributed by atoms with Crippen molar-refractivity contribution in [1.82, 2.24) is 20.4 Å². The predicted molar refractivity (Wildman–Crippen MR) is 98.4 cm³/mol. The highest BCUT2D eigenvalue weighted by Gasteiger charge is 2.30. The lowest BCUT2D eigenvalue weighted by molar-refractivity contribution is -0.0168. The van der Waals surface area contributed by atoms with Crippen LogP contribution in [0.4, 0.5) is 4.79 Å². The molecule has 1 aromatic carbocycles. The van der Waals surface area contributed by atoms with Gasteiger partial charge in [0.1, 0.15) is 0 Å². The number of urea groups is 1. The third kappa shape index (κ3) is 5.42. The Labute approximate surface area is 150 Å². The largest absolute Gasteiger partial charge is 0.374 e. The van der Waals surface area contributed by atoms with E-state index in [0.717, 1.165) is 39.3 Å². The summed E-state index contributed by atoms with van der Waals surface area (Å²) < 4.78 is 5.68. The van der Waals surface area contributed by atoms with Crippen molar-refractivity contribution < 1.29 is 9.53 Å². The van der Waals surface area contributed by atoms with Crippen molar-refractivity contribution in [1.29, 1.82) is 0 Å².